The van der Waals surface area contributed by atoms with Gasteiger partial charge in [-0.25, -0.2) is 0 Å². The third kappa shape index (κ3) is 5.01. The molecule has 1 rings (SSSR count). The van der Waals surface area contributed by atoms with Crippen LogP contribution in [0.25, 0.3) is 0 Å². The van der Waals surface area contributed by atoms with Gasteiger partial charge in [-0.3, -0.25) is 0 Å². The number of aromatic hydroxyl groups is 1. The summed E-state index contributed by atoms with van der Waals surface area (Å²) in [4.78, 5) is 8.00. The maximum atomic E-state index is 8.99. The lowest BCUT2D eigenvalue weighted by Gasteiger charge is -2.03. The Kier molecular flexibility index (Phi) is 5.60. The summed E-state index contributed by atoms with van der Waals surface area (Å²) in [7, 11) is 0. The van der Waals surface area contributed by atoms with E-state index >= 15 is 0 Å². The maximum absolute atomic E-state index is 8.99. The molecule has 13 heavy (non-hydrogen) atoms. The van der Waals surface area contributed by atoms with E-state index in [0.29, 0.717) is 11.7 Å². The quantitative estimate of drug-likeness (QED) is 0.758. The molecular formula is C11H16O2. The molecule has 0 amide bonds. The molecule has 0 saturated heterocycles. The first kappa shape index (κ1) is 11.7. The van der Waals surface area contributed by atoms with E-state index in [0.717, 1.165) is 6.42 Å². The van der Waals surface area contributed by atoms with Crippen LogP contribution in [-0.4, -0.2) is 11.9 Å². The van der Waals surface area contributed by atoms with Gasteiger partial charge in [-0.1, -0.05) is 26.0 Å². The molecule has 0 heterocycles. The number of rotatable bonds is 2. The fourth-order valence-corrected chi connectivity index (χ4v) is 1.10. The van der Waals surface area contributed by atoms with E-state index in [-0.39, 0.29) is 0 Å². The zero-order valence-corrected chi connectivity index (χ0v) is 8.16. The van der Waals surface area contributed by atoms with Crippen molar-refractivity contribution in [3.05, 3.63) is 29.8 Å². The Balaban J connectivity index is 0.000000671. The molecule has 0 aliphatic heterocycles. The van der Waals surface area contributed by atoms with Gasteiger partial charge in [0.2, 0.25) is 0 Å². The second kappa shape index (κ2) is 6.23. The maximum Gasteiger partial charge on any atom is 0.115 e. The minimum Gasteiger partial charge on any atom is -0.508 e. The number of phenolic OH excluding ortho intramolecular Hbond substituents is 1. The Morgan fingerprint density at radius 1 is 1.23 bits per heavy atom. The van der Waals surface area contributed by atoms with Crippen LogP contribution in [-0.2, 0) is 11.2 Å². The van der Waals surface area contributed by atoms with Crippen molar-refractivity contribution in [1.82, 2.24) is 0 Å². The lowest BCUT2D eigenvalue weighted by Crippen LogP contribution is -1.92. The molecule has 2 heteroatoms. The van der Waals surface area contributed by atoms with Crippen LogP contribution in [0.1, 0.15) is 19.4 Å². The zero-order valence-electron chi connectivity index (χ0n) is 8.16. The molecule has 0 radical (unpaired) electrons. The van der Waals surface area contributed by atoms with Gasteiger partial charge in [-0.15, -0.1) is 0 Å². The van der Waals surface area contributed by atoms with Crippen molar-refractivity contribution in [2.75, 3.05) is 0 Å². The van der Waals surface area contributed by atoms with Gasteiger partial charge >= 0.3 is 0 Å². The Hall–Kier alpha value is -1.31. The molecule has 0 bridgehead atoms. The fraction of sp³-hybridized carbons (Fsp3) is 0.364. The van der Waals surface area contributed by atoms with E-state index in [1.165, 1.54) is 5.56 Å². The van der Waals surface area contributed by atoms with Crippen LogP contribution in [0.4, 0.5) is 0 Å². The fourth-order valence-electron chi connectivity index (χ4n) is 1.10. The molecule has 0 aliphatic carbocycles. The smallest absolute Gasteiger partial charge is 0.115 e. The van der Waals surface area contributed by atoms with Crippen LogP contribution in [0.15, 0.2) is 24.3 Å². The first-order chi connectivity index (χ1) is 6.18. The van der Waals surface area contributed by atoms with E-state index in [9.17, 15) is 0 Å². The van der Waals surface area contributed by atoms with Crippen molar-refractivity contribution in [2.24, 2.45) is 5.92 Å². The van der Waals surface area contributed by atoms with Gasteiger partial charge in [0.05, 0.1) is 0 Å². The average Bonchev–Trinajstić information content (AvgIpc) is 2.12. The number of carbonyl (C=O) groups excluding carboxylic acids is 1. The molecule has 0 spiro atoms. The molecule has 72 valence electrons. The highest BCUT2D eigenvalue weighted by Gasteiger charge is 1.96. The van der Waals surface area contributed by atoms with Crippen LogP contribution in [0.5, 0.6) is 5.75 Å². The normalized spacial score (nSPS) is 9.15. The van der Waals surface area contributed by atoms with Crippen molar-refractivity contribution in [3.63, 3.8) is 0 Å². The number of phenols is 1. The minimum absolute atomic E-state index is 0.345. The van der Waals surface area contributed by atoms with E-state index in [2.05, 4.69) is 13.8 Å². The van der Waals surface area contributed by atoms with Crippen LogP contribution in [0.3, 0.4) is 0 Å². The van der Waals surface area contributed by atoms with Crippen molar-refractivity contribution in [2.45, 2.75) is 20.3 Å². The molecule has 2 nitrogen and oxygen atoms in total. The van der Waals surface area contributed by atoms with Gasteiger partial charge in [-0.05, 0) is 30.0 Å². The van der Waals surface area contributed by atoms with Gasteiger partial charge < -0.3 is 9.90 Å². The van der Waals surface area contributed by atoms with Gasteiger partial charge in [0.25, 0.3) is 0 Å². The van der Waals surface area contributed by atoms with Crippen LogP contribution in [0.2, 0.25) is 0 Å². The number of hydrogen-bond donors (Lipinski definition) is 1. The lowest BCUT2D eigenvalue weighted by atomic mass is 10.0. The summed E-state index contributed by atoms with van der Waals surface area (Å²) in [5.41, 5.74) is 1.29. The largest absolute Gasteiger partial charge is 0.508 e. The Morgan fingerprint density at radius 2 is 1.69 bits per heavy atom. The van der Waals surface area contributed by atoms with Crippen molar-refractivity contribution in [3.8, 4) is 5.75 Å². The Bertz CT molecular complexity index is 226. The highest BCUT2D eigenvalue weighted by Crippen LogP contribution is 2.12. The molecular weight excluding hydrogens is 164 g/mol. The van der Waals surface area contributed by atoms with Crippen molar-refractivity contribution >= 4 is 6.79 Å². The number of hydrogen-bond acceptors (Lipinski definition) is 2. The van der Waals surface area contributed by atoms with Crippen LogP contribution < -0.4 is 0 Å². The minimum atomic E-state index is 0.345. The first-order valence-electron chi connectivity index (χ1n) is 4.25. The van der Waals surface area contributed by atoms with E-state index in [4.69, 9.17) is 9.90 Å². The first-order valence-corrected chi connectivity index (χ1v) is 4.25. The third-order valence-corrected chi connectivity index (χ3v) is 1.58. The Labute approximate surface area is 79.2 Å². The Morgan fingerprint density at radius 3 is 2.08 bits per heavy atom. The number of benzene rings is 1. The highest BCUT2D eigenvalue weighted by molar-refractivity contribution is 5.25. The van der Waals surface area contributed by atoms with Gasteiger partial charge in [0, 0.05) is 0 Å². The molecule has 0 unspecified atom stereocenters. The summed E-state index contributed by atoms with van der Waals surface area (Å²) in [5, 5.41) is 8.99. The molecule has 1 aromatic carbocycles. The summed E-state index contributed by atoms with van der Waals surface area (Å²) in [6, 6.07) is 7.40. The summed E-state index contributed by atoms with van der Waals surface area (Å²) in [6.07, 6.45) is 1.08. The molecule has 0 aliphatic rings. The second-order valence-corrected chi connectivity index (χ2v) is 3.26. The van der Waals surface area contributed by atoms with Gasteiger partial charge in [-0.2, -0.15) is 0 Å². The summed E-state index contributed by atoms with van der Waals surface area (Å²) in [6.45, 7) is 6.37. The highest BCUT2D eigenvalue weighted by atomic mass is 16.3. The zero-order chi connectivity index (χ0) is 10.3. The summed E-state index contributed by atoms with van der Waals surface area (Å²) in [5.74, 6) is 1.03. The van der Waals surface area contributed by atoms with E-state index in [1.54, 1.807) is 12.1 Å². The summed E-state index contributed by atoms with van der Waals surface area (Å²) >= 11 is 0. The van der Waals surface area contributed by atoms with Crippen molar-refractivity contribution < 1.29 is 9.90 Å². The molecule has 0 atom stereocenters. The van der Waals surface area contributed by atoms with Crippen LogP contribution in [0, 0.1) is 5.92 Å². The number of carbonyl (C=O) groups is 1. The topological polar surface area (TPSA) is 37.3 Å². The SMILES string of the molecule is C=O.CC(C)Cc1ccc(O)cc1. The summed E-state index contributed by atoms with van der Waals surface area (Å²) < 4.78 is 0. The van der Waals surface area contributed by atoms with E-state index in [1.807, 2.05) is 18.9 Å². The predicted molar refractivity (Wildman–Crippen MR) is 53.8 cm³/mol. The average molecular weight is 180 g/mol. The molecule has 1 aromatic rings. The molecule has 0 fully saturated rings. The standard InChI is InChI=1S/C10H14O.CH2O/c1-8(2)7-9-3-5-10(11)6-4-9;1-2/h3-6,8,11H,7H2,1-2H3;1H2. The third-order valence-electron chi connectivity index (χ3n) is 1.58. The van der Waals surface area contributed by atoms with Crippen LogP contribution >= 0.6 is 0 Å². The molecule has 1 N–H and O–H groups in total. The molecule has 0 saturated carbocycles. The predicted octanol–water partition coefficient (Wildman–Crippen LogP) is 2.41. The van der Waals surface area contributed by atoms with Gasteiger partial charge in [0.15, 0.2) is 0 Å². The lowest BCUT2D eigenvalue weighted by molar-refractivity contribution is -0.0979. The monoisotopic (exact) mass is 180 g/mol. The molecule has 0 aromatic heterocycles. The van der Waals surface area contributed by atoms with Crippen molar-refractivity contribution in [1.29, 1.82) is 0 Å². The second-order valence-electron chi connectivity index (χ2n) is 3.26. The van der Waals surface area contributed by atoms with E-state index < -0.39 is 0 Å². The van der Waals surface area contributed by atoms with Gasteiger partial charge in [0.1, 0.15) is 12.5 Å².